The molecule has 1 aliphatic carbocycles. The number of amides is 1. The van der Waals surface area contributed by atoms with Gasteiger partial charge in [0.1, 0.15) is 17.5 Å². The first-order chi connectivity index (χ1) is 15.5. The molecule has 1 amide bonds. The van der Waals surface area contributed by atoms with Crippen molar-refractivity contribution in [3.8, 4) is 0 Å². The lowest BCUT2D eigenvalue weighted by Gasteiger charge is -2.32. The highest BCUT2D eigenvalue weighted by Crippen LogP contribution is 2.29. The van der Waals surface area contributed by atoms with Crippen LogP contribution in [0.15, 0.2) is 23.0 Å². The maximum atomic E-state index is 13.9. The second-order valence-electron chi connectivity index (χ2n) is 9.27. The summed E-state index contributed by atoms with van der Waals surface area (Å²) in [6.07, 6.45) is 6.24. The van der Waals surface area contributed by atoms with E-state index in [-0.39, 0.29) is 29.4 Å². The Kier molecular flexibility index (Phi) is 5.80. The Hall–Kier alpha value is -2.61. The van der Waals surface area contributed by atoms with E-state index in [0.717, 1.165) is 42.4 Å². The average molecular weight is 443 g/mol. The number of hydrogen-bond acceptors (Lipinski definition) is 4. The number of nitrogens with zero attached hydrogens (tertiary/aromatic N) is 3. The van der Waals surface area contributed by atoms with Gasteiger partial charge in [-0.3, -0.25) is 14.5 Å². The fourth-order valence-corrected chi connectivity index (χ4v) is 5.40. The molecular formula is C24H28F2N4O2. The molecule has 32 heavy (non-hydrogen) atoms. The van der Waals surface area contributed by atoms with Gasteiger partial charge in [-0.25, -0.2) is 13.8 Å². The van der Waals surface area contributed by atoms with Crippen LogP contribution in [0, 0.1) is 11.6 Å². The molecule has 0 spiro atoms. The number of fused-ring (bicyclic) bond motifs is 1. The summed E-state index contributed by atoms with van der Waals surface area (Å²) in [5.41, 5.74) is 1.65. The third kappa shape index (κ3) is 4.20. The standard InChI is InChI=1S/C24H28F2N4O2/c25-17-5-6-20(26)16(11-17)12-22(31)30-9-7-15(13-30)23-27-21-8-10-29(18-3-1-2-4-18)14-19(21)24(32)28-23/h5-6,11,15,18H,1-4,7-10,12-14H2,(H,27,28,32)/t15-/m1/s1. The van der Waals surface area contributed by atoms with Gasteiger partial charge >= 0.3 is 0 Å². The van der Waals surface area contributed by atoms with E-state index in [1.165, 1.54) is 25.7 Å². The number of halogens is 2. The topological polar surface area (TPSA) is 69.3 Å². The molecule has 2 aliphatic heterocycles. The monoisotopic (exact) mass is 442 g/mol. The number of rotatable bonds is 4. The SMILES string of the molecule is O=C(Cc1cc(F)ccc1F)N1CC[C@@H](c2nc3c(c(=O)[nH]2)CN(C2CCCC2)CC3)C1. The molecule has 2 aromatic rings. The van der Waals surface area contributed by atoms with Crippen LogP contribution < -0.4 is 5.56 Å². The molecule has 2 fully saturated rings. The van der Waals surface area contributed by atoms with Gasteiger partial charge in [-0.15, -0.1) is 0 Å². The molecule has 1 atom stereocenters. The van der Waals surface area contributed by atoms with Gasteiger partial charge in [0.2, 0.25) is 5.91 Å². The zero-order valence-electron chi connectivity index (χ0n) is 18.1. The van der Waals surface area contributed by atoms with E-state index >= 15 is 0 Å². The van der Waals surface area contributed by atoms with E-state index in [2.05, 4.69) is 9.88 Å². The number of carbonyl (C=O) groups is 1. The van der Waals surface area contributed by atoms with Crippen LogP contribution in [0.25, 0.3) is 0 Å². The number of nitrogens with one attached hydrogen (secondary N) is 1. The van der Waals surface area contributed by atoms with Crippen LogP contribution in [-0.4, -0.2) is 51.4 Å². The van der Waals surface area contributed by atoms with Crippen LogP contribution in [0.4, 0.5) is 8.78 Å². The smallest absolute Gasteiger partial charge is 0.255 e. The highest BCUT2D eigenvalue weighted by molar-refractivity contribution is 5.79. The molecule has 3 heterocycles. The normalized spacial score (nSPS) is 21.8. The Bertz CT molecular complexity index is 1080. The van der Waals surface area contributed by atoms with E-state index in [0.29, 0.717) is 37.9 Å². The van der Waals surface area contributed by atoms with Crippen LogP contribution in [0.5, 0.6) is 0 Å². The van der Waals surface area contributed by atoms with Crippen LogP contribution in [0.3, 0.4) is 0 Å². The van der Waals surface area contributed by atoms with Crippen molar-refractivity contribution in [2.24, 2.45) is 0 Å². The fourth-order valence-electron chi connectivity index (χ4n) is 5.40. The Morgan fingerprint density at radius 1 is 1.16 bits per heavy atom. The summed E-state index contributed by atoms with van der Waals surface area (Å²) in [6, 6.07) is 3.73. The molecule has 0 unspecified atom stereocenters. The highest BCUT2D eigenvalue weighted by Gasteiger charge is 2.32. The van der Waals surface area contributed by atoms with Gasteiger partial charge in [0.15, 0.2) is 0 Å². The zero-order valence-corrected chi connectivity index (χ0v) is 18.1. The molecule has 1 aromatic carbocycles. The van der Waals surface area contributed by atoms with E-state index in [1.807, 2.05) is 0 Å². The average Bonchev–Trinajstić information content (AvgIpc) is 3.48. The third-order valence-electron chi connectivity index (χ3n) is 7.23. The van der Waals surface area contributed by atoms with Crippen molar-refractivity contribution in [2.45, 2.75) is 63.5 Å². The van der Waals surface area contributed by atoms with Gasteiger partial charge in [-0.1, -0.05) is 12.8 Å². The number of benzene rings is 1. The van der Waals surface area contributed by atoms with Gasteiger partial charge in [0.05, 0.1) is 17.7 Å². The highest BCUT2D eigenvalue weighted by atomic mass is 19.1. The number of hydrogen-bond donors (Lipinski definition) is 1. The van der Waals surface area contributed by atoms with E-state index in [1.54, 1.807) is 4.90 Å². The van der Waals surface area contributed by atoms with Crippen molar-refractivity contribution in [3.05, 3.63) is 62.8 Å². The largest absolute Gasteiger partial charge is 0.342 e. The first-order valence-electron chi connectivity index (χ1n) is 11.6. The van der Waals surface area contributed by atoms with Crippen molar-refractivity contribution in [3.63, 3.8) is 0 Å². The summed E-state index contributed by atoms with van der Waals surface area (Å²) in [5.74, 6) is -0.805. The molecule has 170 valence electrons. The summed E-state index contributed by atoms with van der Waals surface area (Å²) < 4.78 is 27.3. The summed E-state index contributed by atoms with van der Waals surface area (Å²) in [4.78, 5) is 37.3. The predicted molar refractivity (Wildman–Crippen MR) is 115 cm³/mol. The summed E-state index contributed by atoms with van der Waals surface area (Å²) in [5, 5.41) is 0. The van der Waals surface area contributed by atoms with Gasteiger partial charge in [0.25, 0.3) is 5.56 Å². The minimum Gasteiger partial charge on any atom is -0.342 e. The maximum Gasteiger partial charge on any atom is 0.255 e. The lowest BCUT2D eigenvalue weighted by Crippen LogP contribution is -2.41. The van der Waals surface area contributed by atoms with E-state index < -0.39 is 11.6 Å². The number of likely N-dealkylation sites (tertiary alicyclic amines) is 1. The third-order valence-corrected chi connectivity index (χ3v) is 7.23. The van der Waals surface area contributed by atoms with Crippen LogP contribution in [-0.2, 0) is 24.2 Å². The molecule has 0 radical (unpaired) electrons. The van der Waals surface area contributed by atoms with Gasteiger partial charge < -0.3 is 9.88 Å². The Labute approximate surface area is 185 Å². The zero-order chi connectivity index (χ0) is 22.2. The maximum absolute atomic E-state index is 13.9. The van der Waals surface area contributed by atoms with Crippen molar-refractivity contribution in [1.82, 2.24) is 19.8 Å². The number of carbonyl (C=O) groups excluding carboxylic acids is 1. The van der Waals surface area contributed by atoms with Gasteiger partial charge in [-0.2, -0.15) is 0 Å². The van der Waals surface area contributed by atoms with Crippen LogP contribution >= 0.6 is 0 Å². The first kappa shape index (κ1) is 21.2. The molecule has 1 saturated heterocycles. The summed E-state index contributed by atoms with van der Waals surface area (Å²) >= 11 is 0. The van der Waals surface area contributed by atoms with E-state index in [4.69, 9.17) is 4.98 Å². The molecule has 1 N–H and O–H groups in total. The summed E-state index contributed by atoms with van der Waals surface area (Å²) in [7, 11) is 0. The second-order valence-corrected chi connectivity index (χ2v) is 9.27. The Morgan fingerprint density at radius 2 is 1.97 bits per heavy atom. The van der Waals surface area contributed by atoms with E-state index in [9.17, 15) is 18.4 Å². The molecule has 6 nitrogen and oxygen atoms in total. The Morgan fingerprint density at radius 3 is 2.78 bits per heavy atom. The molecule has 0 bridgehead atoms. The first-order valence-corrected chi connectivity index (χ1v) is 11.6. The number of H-pyrrole nitrogens is 1. The fraction of sp³-hybridized carbons (Fsp3) is 0.542. The lowest BCUT2D eigenvalue weighted by atomic mass is 10.0. The minimum absolute atomic E-state index is 0.0535. The quantitative estimate of drug-likeness (QED) is 0.791. The van der Waals surface area contributed by atoms with Crippen LogP contribution in [0.1, 0.15) is 60.7 Å². The second kappa shape index (κ2) is 8.73. The van der Waals surface area contributed by atoms with Crippen LogP contribution in [0.2, 0.25) is 0 Å². The molecule has 8 heteroatoms. The van der Waals surface area contributed by atoms with Crippen molar-refractivity contribution < 1.29 is 13.6 Å². The van der Waals surface area contributed by atoms with Crippen molar-refractivity contribution in [1.29, 1.82) is 0 Å². The van der Waals surface area contributed by atoms with Crippen molar-refractivity contribution >= 4 is 5.91 Å². The minimum atomic E-state index is -0.581. The molecule has 3 aliphatic rings. The number of aromatic amines is 1. The Balaban J connectivity index is 1.26. The molecule has 1 saturated carbocycles. The lowest BCUT2D eigenvalue weighted by molar-refractivity contribution is -0.129. The number of aromatic nitrogens is 2. The molecule has 5 rings (SSSR count). The van der Waals surface area contributed by atoms with Gasteiger partial charge in [-0.05, 0) is 37.5 Å². The summed E-state index contributed by atoms with van der Waals surface area (Å²) in [6.45, 7) is 2.53. The van der Waals surface area contributed by atoms with Crippen molar-refractivity contribution in [2.75, 3.05) is 19.6 Å². The van der Waals surface area contributed by atoms with Gasteiger partial charge in [0, 0.05) is 50.1 Å². The predicted octanol–water partition coefficient (Wildman–Crippen LogP) is 2.91. The molecular weight excluding hydrogens is 414 g/mol. The molecule has 1 aromatic heterocycles.